The third-order valence-corrected chi connectivity index (χ3v) is 1.54. The Kier molecular flexibility index (Phi) is 2.05. The highest BCUT2D eigenvalue weighted by Gasteiger charge is 2.15. The van der Waals surface area contributed by atoms with Gasteiger partial charge in [-0.25, -0.2) is 0 Å². The first-order valence-corrected chi connectivity index (χ1v) is 3.26. The molecule has 1 aromatic rings. The van der Waals surface area contributed by atoms with Gasteiger partial charge < -0.3 is 10.2 Å². The Morgan fingerprint density at radius 1 is 1.33 bits per heavy atom. The Morgan fingerprint density at radius 2 is 1.83 bits per heavy atom. The van der Waals surface area contributed by atoms with Gasteiger partial charge in [-0.3, -0.25) is 10.1 Å². The van der Waals surface area contributed by atoms with Crippen LogP contribution < -0.4 is 0 Å². The van der Waals surface area contributed by atoms with E-state index < -0.39 is 22.1 Å². The van der Waals surface area contributed by atoms with Gasteiger partial charge in [-0.1, -0.05) is 11.6 Å². The topological polar surface area (TPSA) is 83.6 Å². The second kappa shape index (κ2) is 2.86. The molecule has 12 heavy (non-hydrogen) atoms. The average Bonchev–Trinajstić information content (AvgIpc) is 1.96. The summed E-state index contributed by atoms with van der Waals surface area (Å²) in [6, 6.07) is 1.70. The molecule has 0 aliphatic rings. The van der Waals surface area contributed by atoms with Crippen molar-refractivity contribution in [1.82, 2.24) is 0 Å². The fourth-order valence-corrected chi connectivity index (χ4v) is 0.907. The number of aromatic hydroxyl groups is 2. The van der Waals surface area contributed by atoms with E-state index in [2.05, 4.69) is 0 Å². The molecule has 0 atom stereocenters. The zero-order chi connectivity index (χ0) is 9.30. The van der Waals surface area contributed by atoms with Crippen molar-refractivity contribution < 1.29 is 15.1 Å². The maximum absolute atomic E-state index is 10.2. The van der Waals surface area contributed by atoms with Crippen LogP contribution in [0.15, 0.2) is 12.1 Å². The van der Waals surface area contributed by atoms with E-state index >= 15 is 0 Å². The van der Waals surface area contributed by atoms with Crippen LogP contribution in [0.1, 0.15) is 0 Å². The summed E-state index contributed by atoms with van der Waals surface area (Å²) < 4.78 is 0. The van der Waals surface area contributed by atoms with Gasteiger partial charge in [-0.05, 0) is 0 Å². The molecule has 0 aliphatic heterocycles. The number of phenols is 2. The van der Waals surface area contributed by atoms with Crippen LogP contribution in [-0.2, 0) is 0 Å². The predicted molar refractivity (Wildman–Crippen MR) is 41.4 cm³/mol. The Morgan fingerprint density at radius 3 is 2.33 bits per heavy atom. The Balaban J connectivity index is 3.33. The molecule has 0 saturated carbocycles. The molecule has 0 aromatic heterocycles. The van der Waals surface area contributed by atoms with Crippen LogP contribution >= 0.6 is 11.6 Å². The van der Waals surface area contributed by atoms with E-state index in [1.807, 2.05) is 0 Å². The van der Waals surface area contributed by atoms with Gasteiger partial charge in [0.15, 0.2) is 11.5 Å². The highest BCUT2D eigenvalue weighted by molar-refractivity contribution is 6.32. The first-order chi connectivity index (χ1) is 5.52. The third kappa shape index (κ3) is 1.40. The molecule has 0 amide bonds. The highest BCUT2D eigenvalue weighted by Crippen LogP contribution is 2.35. The number of nitro groups is 1. The number of hydrogen-bond acceptors (Lipinski definition) is 4. The Hall–Kier alpha value is -1.49. The fourth-order valence-electron chi connectivity index (χ4n) is 0.680. The van der Waals surface area contributed by atoms with Crippen LogP contribution in [0.2, 0.25) is 5.02 Å². The van der Waals surface area contributed by atoms with Crippen molar-refractivity contribution in [2.75, 3.05) is 0 Å². The van der Waals surface area contributed by atoms with Gasteiger partial charge in [-0.2, -0.15) is 0 Å². The maximum Gasteiger partial charge on any atom is 0.291 e. The molecule has 1 aromatic carbocycles. The average molecular weight is 190 g/mol. The molecule has 0 bridgehead atoms. The van der Waals surface area contributed by atoms with Crippen molar-refractivity contribution in [3.05, 3.63) is 27.3 Å². The second-order valence-corrected chi connectivity index (χ2v) is 2.46. The maximum atomic E-state index is 10.2. The third-order valence-electron chi connectivity index (χ3n) is 1.24. The van der Waals surface area contributed by atoms with Gasteiger partial charge in [0.25, 0.3) is 5.69 Å². The molecule has 0 spiro atoms. The summed E-state index contributed by atoms with van der Waals surface area (Å²) in [7, 11) is 0. The first kappa shape index (κ1) is 8.61. The molecule has 64 valence electrons. The molecule has 0 saturated heterocycles. The van der Waals surface area contributed by atoms with Crippen molar-refractivity contribution in [1.29, 1.82) is 0 Å². The van der Waals surface area contributed by atoms with Crippen molar-refractivity contribution in [2.24, 2.45) is 0 Å². The lowest BCUT2D eigenvalue weighted by molar-refractivity contribution is -0.384. The van der Waals surface area contributed by atoms with Gasteiger partial charge in [0.1, 0.15) is 5.02 Å². The van der Waals surface area contributed by atoms with E-state index in [1.165, 1.54) is 0 Å². The van der Waals surface area contributed by atoms with Crippen LogP contribution in [-0.4, -0.2) is 15.1 Å². The van der Waals surface area contributed by atoms with Crippen LogP contribution in [0.4, 0.5) is 5.69 Å². The van der Waals surface area contributed by atoms with Crippen molar-refractivity contribution in [3.63, 3.8) is 0 Å². The molecule has 6 heteroatoms. The number of nitro benzene ring substituents is 1. The minimum absolute atomic E-state index is 0.213. The van der Waals surface area contributed by atoms with E-state index in [1.54, 1.807) is 0 Å². The molecule has 0 aliphatic carbocycles. The van der Waals surface area contributed by atoms with Gasteiger partial charge in [-0.15, -0.1) is 0 Å². The fraction of sp³-hybridized carbons (Fsp3) is 0. The number of benzene rings is 1. The summed E-state index contributed by atoms with van der Waals surface area (Å²) in [4.78, 5) is 9.47. The molecule has 0 fully saturated rings. The number of halogens is 1. The number of nitrogens with zero attached hydrogens (tertiary/aromatic N) is 1. The normalized spacial score (nSPS) is 9.75. The van der Waals surface area contributed by atoms with Crippen molar-refractivity contribution >= 4 is 17.3 Å². The van der Waals surface area contributed by atoms with Gasteiger partial charge in [0, 0.05) is 6.07 Å². The first-order valence-electron chi connectivity index (χ1n) is 2.88. The summed E-state index contributed by atoms with van der Waals surface area (Å²) >= 11 is 5.38. The standard InChI is InChI=1S/C6H4ClNO4/c7-3-1-5(9)6(10)2-4(3)8(11)12/h1-2,9-10H. The number of hydrogen-bond donors (Lipinski definition) is 2. The van der Waals surface area contributed by atoms with E-state index in [0.29, 0.717) is 0 Å². The van der Waals surface area contributed by atoms with E-state index in [9.17, 15) is 10.1 Å². The molecule has 0 unspecified atom stereocenters. The quantitative estimate of drug-likeness (QED) is 0.400. The van der Waals surface area contributed by atoms with Crippen LogP contribution in [0.25, 0.3) is 0 Å². The minimum Gasteiger partial charge on any atom is -0.504 e. The summed E-state index contributed by atoms with van der Waals surface area (Å²) in [6.45, 7) is 0. The molecule has 2 N–H and O–H groups in total. The summed E-state index contributed by atoms with van der Waals surface area (Å²) in [6.07, 6.45) is 0. The highest BCUT2D eigenvalue weighted by atomic mass is 35.5. The van der Waals surface area contributed by atoms with Gasteiger partial charge in [0.2, 0.25) is 0 Å². The van der Waals surface area contributed by atoms with Crippen molar-refractivity contribution in [2.45, 2.75) is 0 Å². The molecule has 5 nitrogen and oxygen atoms in total. The molecular weight excluding hydrogens is 186 g/mol. The van der Waals surface area contributed by atoms with E-state index in [-0.39, 0.29) is 5.02 Å². The lowest BCUT2D eigenvalue weighted by atomic mass is 10.3. The summed E-state index contributed by atoms with van der Waals surface area (Å²) in [5.41, 5.74) is -0.438. The van der Waals surface area contributed by atoms with Gasteiger partial charge in [0.05, 0.1) is 11.0 Å². The van der Waals surface area contributed by atoms with E-state index in [4.69, 9.17) is 21.8 Å². The zero-order valence-electron chi connectivity index (χ0n) is 5.69. The lowest BCUT2D eigenvalue weighted by Crippen LogP contribution is -1.88. The minimum atomic E-state index is -0.749. The zero-order valence-corrected chi connectivity index (χ0v) is 6.45. The van der Waals surface area contributed by atoms with Crippen molar-refractivity contribution in [3.8, 4) is 11.5 Å². The smallest absolute Gasteiger partial charge is 0.291 e. The van der Waals surface area contributed by atoms with Crippen LogP contribution in [0.5, 0.6) is 11.5 Å². The number of phenolic OH excluding ortho intramolecular Hbond substituents is 2. The van der Waals surface area contributed by atoms with E-state index in [0.717, 1.165) is 12.1 Å². The SMILES string of the molecule is O=[N+]([O-])c1cc(O)c(O)cc1Cl. The second-order valence-electron chi connectivity index (χ2n) is 2.05. The molecule has 0 radical (unpaired) electrons. The molecule has 0 heterocycles. The Labute approximate surface area is 72.0 Å². The van der Waals surface area contributed by atoms with Crippen LogP contribution in [0.3, 0.4) is 0 Å². The number of rotatable bonds is 1. The largest absolute Gasteiger partial charge is 0.504 e. The summed E-state index contributed by atoms with van der Waals surface area (Å²) in [5.74, 6) is -1.04. The van der Waals surface area contributed by atoms with Gasteiger partial charge >= 0.3 is 0 Å². The lowest BCUT2D eigenvalue weighted by Gasteiger charge is -1.98. The Bertz CT molecular complexity index is 339. The molecular formula is C6H4ClNO4. The predicted octanol–water partition coefficient (Wildman–Crippen LogP) is 1.66. The molecule has 1 rings (SSSR count). The summed E-state index contributed by atoms with van der Waals surface area (Å²) in [5, 5.41) is 27.7. The monoisotopic (exact) mass is 189 g/mol. The van der Waals surface area contributed by atoms with Crippen LogP contribution in [0, 0.1) is 10.1 Å².